The first-order valence-corrected chi connectivity index (χ1v) is 12.7. The molecule has 1 aromatic rings. The van der Waals surface area contributed by atoms with E-state index in [-0.39, 0.29) is 12.3 Å². The Balaban J connectivity index is 1.43. The molecule has 9 heteroatoms. The summed E-state index contributed by atoms with van der Waals surface area (Å²) in [6.07, 6.45) is 2.79. The lowest BCUT2D eigenvalue weighted by Crippen LogP contribution is -2.28. The minimum absolute atomic E-state index is 0.156. The summed E-state index contributed by atoms with van der Waals surface area (Å²) < 4.78 is 102. The average molecular weight is 513 g/mol. The molecule has 0 N–H and O–H groups in total. The molecule has 200 valence electrons. The fraction of sp³-hybridized carbons (Fsp3) is 0.769. The van der Waals surface area contributed by atoms with Gasteiger partial charge in [-0.05, 0) is 55.8 Å². The Morgan fingerprint density at radius 3 is 1.71 bits per heavy atom. The molecular weight excluding hydrogens is 477 g/mol. The van der Waals surface area contributed by atoms with Crippen LogP contribution in [0, 0.1) is 35.3 Å². The van der Waals surface area contributed by atoms with Gasteiger partial charge < -0.3 is 9.47 Å². The third-order valence-electron chi connectivity index (χ3n) is 7.61. The van der Waals surface area contributed by atoms with Crippen LogP contribution in [0.4, 0.5) is 30.7 Å². The summed E-state index contributed by atoms with van der Waals surface area (Å²) in [5.41, 5.74) is 0. The third-order valence-corrected chi connectivity index (χ3v) is 7.61. The molecule has 0 spiro atoms. The zero-order valence-corrected chi connectivity index (χ0v) is 20.1. The molecule has 0 aliphatic heterocycles. The fourth-order valence-corrected chi connectivity index (χ4v) is 5.79. The van der Waals surface area contributed by atoms with Gasteiger partial charge in [-0.25, -0.2) is 8.78 Å². The lowest BCUT2D eigenvalue weighted by Gasteiger charge is -2.38. The summed E-state index contributed by atoms with van der Waals surface area (Å²) in [5, 5.41) is 0. The van der Waals surface area contributed by atoms with Crippen LogP contribution < -0.4 is 9.47 Å². The van der Waals surface area contributed by atoms with E-state index in [1.807, 2.05) is 0 Å². The first-order valence-electron chi connectivity index (χ1n) is 12.7. The highest BCUT2D eigenvalue weighted by atomic mass is 19.4. The van der Waals surface area contributed by atoms with Gasteiger partial charge in [0.05, 0.1) is 6.42 Å². The molecule has 0 bridgehead atoms. The van der Waals surface area contributed by atoms with Gasteiger partial charge in [0, 0.05) is 12.1 Å². The van der Waals surface area contributed by atoms with E-state index in [0.717, 1.165) is 37.5 Å². The van der Waals surface area contributed by atoms with Gasteiger partial charge in [0.2, 0.25) is 0 Å². The molecule has 0 amide bonds. The minimum atomic E-state index is -4.80. The van der Waals surface area contributed by atoms with Crippen molar-refractivity contribution in [3.05, 3.63) is 23.8 Å². The van der Waals surface area contributed by atoms with E-state index in [1.54, 1.807) is 0 Å². The van der Waals surface area contributed by atoms with Crippen LogP contribution >= 0.6 is 0 Å². The maximum Gasteiger partial charge on any atom is 0.422 e. The first kappa shape index (κ1) is 27.9. The second-order valence-corrected chi connectivity index (χ2v) is 10.2. The molecule has 2 saturated carbocycles. The Labute approximate surface area is 202 Å². The van der Waals surface area contributed by atoms with Gasteiger partial charge in [-0.15, -0.1) is 0 Å². The predicted octanol–water partition coefficient (Wildman–Crippen LogP) is 9.07. The highest BCUT2D eigenvalue weighted by Gasteiger charge is 2.36. The van der Waals surface area contributed by atoms with Crippen LogP contribution in [0.25, 0.3) is 0 Å². The lowest BCUT2D eigenvalue weighted by atomic mass is 9.68. The number of hydrogen-bond acceptors (Lipinski definition) is 2. The van der Waals surface area contributed by atoms with Gasteiger partial charge in [0.15, 0.2) is 24.0 Å². The average Bonchev–Trinajstić information content (AvgIpc) is 2.77. The molecule has 2 aliphatic carbocycles. The maximum atomic E-state index is 14.4. The van der Waals surface area contributed by atoms with Crippen LogP contribution in [0.15, 0.2) is 12.1 Å². The quantitative estimate of drug-likeness (QED) is 0.291. The Morgan fingerprint density at radius 2 is 1.26 bits per heavy atom. The number of hydrogen-bond donors (Lipinski definition) is 0. The van der Waals surface area contributed by atoms with Crippen molar-refractivity contribution in [2.75, 3.05) is 6.61 Å². The summed E-state index contributed by atoms with van der Waals surface area (Å²) in [4.78, 5) is 0. The summed E-state index contributed by atoms with van der Waals surface area (Å²) in [6.45, 7) is 0.325. The zero-order valence-electron chi connectivity index (χ0n) is 20.1. The molecule has 0 atom stereocenters. The molecule has 0 heterocycles. The van der Waals surface area contributed by atoms with Crippen molar-refractivity contribution in [3.63, 3.8) is 0 Å². The highest BCUT2D eigenvalue weighted by molar-refractivity contribution is 5.35. The predicted molar refractivity (Wildman–Crippen MR) is 119 cm³/mol. The van der Waals surface area contributed by atoms with E-state index in [0.29, 0.717) is 18.1 Å². The van der Waals surface area contributed by atoms with Gasteiger partial charge in [-0.2, -0.15) is 22.0 Å². The third kappa shape index (κ3) is 8.74. The zero-order chi connectivity index (χ0) is 25.6. The van der Waals surface area contributed by atoms with Crippen molar-refractivity contribution in [2.45, 2.75) is 96.3 Å². The summed E-state index contributed by atoms with van der Waals surface area (Å²) in [6, 6.07) is 0.812. The fourth-order valence-electron chi connectivity index (χ4n) is 5.79. The highest BCUT2D eigenvalue weighted by Crippen LogP contribution is 2.43. The topological polar surface area (TPSA) is 18.5 Å². The molecule has 0 saturated heterocycles. The molecular formula is C26H35F7O2. The summed E-state index contributed by atoms with van der Waals surface area (Å²) in [7, 11) is 0. The molecule has 35 heavy (non-hydrogen) atoms. The minimum Gasteiger partial charge on any atom is -0.478 e. The number of ether oxygens (including phenoxy) is 2. The Morgan fingerprint density at radius 1 is 0.771 bits per heavy atom. The molecule has 0 radical (unpaired) electrons. The van der Waals surface area contributed by atoms with Crippen molar-refractivity contribution in [2.24, 2.45) is 23.7 Å². The first-order chi connectivity index (χ1) is 16.5. The number of rotatable bonds is 10. The van der Waals surface area contributed by atoms with Crippen LogP contribution in [0.1, 0.15) is 84.0 Å². The SMILES string of the molecule is CCCC1CCC(C2CCC(CCC(F)(F)Oc3cc(F)c(OCC(F)(F)F)c(F)c3)CC2)CC1. The maximum absolute atomic E-state index is 14.4. The van der Waals surface area contributed by atoms with Crippen molar-refractivity contribution < 1.29 is 40.2 Å². The van der Waals surface area contributed by atoms with E-state index < -0.39 is 48.4 Å². The Kier molecular flexibility index (Phi) is 9.60. The van der Waals surface area contributed by atoms with E-state index in [1.165, 1.54) is 38.5 Å². The molecule has 1 aromatic carbocycles. The van der Waals surface area contributed by atoms with E-state index in [9.17, 15) is 30.7 Å². The largest absolute Gasteiger partial charge is 0.478 e. The Hall–Kier alpha value is -1.67. The standard InChI is InChI=1S/C26H35F7O2/c1-2-3-17-4-8-19(9-5-17)20-10-6-18(7-11-20)12-13-26(32,33)35-21-14-22(27)24(23(28)15-21)34-16-25(29,30)31/h14-15,17-20H,2-13,16H2,1H3. The van der Waals surface area contributed by atoms with Crippen LogP contribution in [0.3, 0.4) is 0 Å². The smallest absolute Gasteiger partial charge is 0.422 e. The van der Waals surface area contributed by atoms with E-state index >= 15 is 0 Å². The molecule has 2 nitrogen and oxygen atoms in total. The number of benzene rings is 1. The van der Waals surface area contributed by atoms with Gasteiger partial charge in [-0.3, -0.25) is 0 Å². The van der Waals surface area contributed by atoms with Crippen LogP contribution in [-0.4, -0.2) is 18.9 Å². The molecule has 3 rings (SSSR count). The van der Waals surface area contributed by atoms with Crippen molar-refractivity contribution in [1.82, 2.24) is 0 Å². The van der Waals surface area contributed by atoms with Crippen LogP contribution in [-0.2, 0) is 0 Å². The van der Waals surface area contributed by atoms with Gasteiger partial charge in [-0.1, -0.05) is 45.4 Å². The second-order valence-electron chi connectivity index (χ2n) is 10.2. The molecule has 2 aliphatic rings. The van der Waals surface area contributed by atoms with Crippen LogP contribution in [0.5, 0.6) is 11.5 Å². The summed E-state index contributed by atoms with van der Waals surface area (Å²) >= 11 is 0. The molecule has 2 fully saturated rings. The summed E-state index contributed by atoms with van der Waals surface area (Å²) in [5.74, 6) is -2.72. The van der Waals surface area contributed by atoms with Crippen LogP contribution in [0.2, 0.25) is 0 Å². The number of alkyl halides is 5. The molecule has 0 aromatic heterocycles. The van der Waals surface area contributed by atoms with Gasteiger partial charge in [0.1, 0.15) is 5.75 Å². The van der Waals surface area contributed by atoms with Crippen molar-refractivity contribution in [1.29, 1.82) is 0 Å². The number of halogens is 7. The van der Waals surface area contributed by atoms with Crippen molar-refractivity contribution in [3.8, 4) is 11.5 Å². The Bertz CT molecular complexity index is 772. The monoisotopic (exact) mass is 512 g/mol. The van der Waals surface area contributed by atoms with E-state index in [2.05, 4.69) is 16.4 Å². The van der Waals surface area contributed by atoms with E-state index in [4.69, 9.17) is 0 Å². The lowest BCUT2D eigenvalue weighted by molar-refractivity contribution is -0.183. The normalized spacial score (nSPS) is 25.9. The molecule has 0 unspecified atom stereocenters. The van der Waals surface area contributed by atoms with Gasteiger partial charge in [0.25, 0.3) is 0 Å². The van der Waals surface area contributed by atoms with Crippen molar-refractivity contribution >= 4 is 0 Å². The second kappa shape index (κ2) is 12.0. The van der Waals surface area contributed by atoms with Gasteiger partial charge >= 0.3 is 12.3 Å².